The number of carbonyl (C=O) groups is 1. The first-order chi connectivity index (χ1) is 15.5. The fourth-order valence-electron chi connectivity index (χ4n) is 3.89. The minimum atomic E-state index is -0.605. The molecule has 1 aromatic heterocycles. The number of hydrogen-bond acceptors (Lipinski definition) is 7. The van der Waals surface area contributed by atoms with Crippen molar-refractivity contribution in [3.05, 3.63) is 40.8 Å². The van der Waals surface area contributed by atoms with E-state index < -0.39 is 11.7 Å². The molecule has 10 heteroatoms. The van der Waals surface area contributed by atoms with E-state index in [2.05, 4.69) is 37.9 Å². The number of carbonyl (C=O) groups excluding carboxylic acids is 1. The fraction of sp³-hybridized carbons (Fsp3) is 0.500. The Bertz CT molecular complexity index is 948. The van der Waals surface area contributed by atoms with E-state index in [9.17, 15) is 9.18 Å². The molecule has 8 nitrogen and oxygen atoms in total. The summed E-state index contributed by atoms with van der Waals surface area (Å²) < 4.78 is 20.3. The molecule has 32 heavy (non-hydrogen) atoms. The molecule has 2 saturated heterocycles. The Balaban J connectivity index is 1.37. The van der Waals surface area contributed by atoms with Gasteiger partial charge < -0.3 is 25.6 Å². The van der Waals surface area contributed by atoms with Gasteiger partial charge >= 0.3 is 0 Å². The van der Waals surface area contributed by atoms with Crippen molar-refractivity contribution < 1.29 is 13.9 Å². The minimum absolute atomic E-state index is 0.0189. The molecule has 1 unspecified atom stereocenters. The van der Waals surface area contributed by atoms with Crippen molar-refractivity contribution in [2.24, 2.45) is 0 Å². The zero-order chi connectivity index (χ0) is 22.5. The van der Waals surface area contributed by atoms with Crippen molar-refractivity contribution in [2.75, 3.05) is 43.9 Å². The van der Waals surface area contributed by atoms with Crippen LogP contribution in [0.2, 0.25) is 5.02 Å². The molecule has 1 atom stereocenters. The van der Waals surface area contributed by atoms with Crippen molar-refractivity contribution in [3.8, 4) is 0 Å². The second kappa shape index (κ2) is 10.4. The predicted octanol–water partition coefficient (Wildman–Crippen LogP) is 3.43. The number of hydrogen-bond donors (Lipinski definition) is 3. The highest BCUT2D eigenvalue weighted by Crippen LogP contribution is 2.23. The van der Waals surface area contributed by atoms with Crippen LogP contribution in [0.15, 0.2) is 24.4 Å². The number of anilines is 3. The van der Waals surface area contributed by atoms with Crippen LogP contribution < -0.4 is 16.0 Å². The molecule has 4 rings (SSSR count). The van der Waals surface area contributed by atoms with Crippen molar-refractivity contribution >= 4 is 35.0 Å². The molecule has 0 spiro atoms. The highest BCUT2D eigenvalue weighted by atomic mass is 35.5. The van der Waals surface area contributed by atoms with Gasteiger partial charge in [0.2, 0.25) is 5.95 Å². The molecular formula is C22H28ClFN6O2. The van der Waals surface area contributed by atoms with Gasteiger partial charge in [-0.05, 0) is 64.0 Å². The maximum absolute atomic E-state index is 14.7. The predicted molar refractivity (Wildman–Crippen MR) is 122 cm³/mol. The van der Waals surface area contributed by atoms with Gasteiger partial charge in [-0.1, -0.05) is 11.6 Å². The molecule has 1 amide bonds. The summed E-state index contributed by atoms with van der Waals surface area (Å²) in [6.45, 7) is 3.21. The number of piperidine rings is 1. The first-order valence-corrected chi connectivity index (χ1v) is 11.3. The van der Waals surface area contributed by atoms with Crippen molar-refractivity contribution in [2.45, 2.75) is 37.8 Å². The Labute approximate surface area is 191 Å². The Morgan fingerprint density at radius 3 is 2.84 bits per heavy atom. The molecule has 2 aromatic rings. The van der Waals surface area contributed by atoms with Gasteiger partial charge in [-0.2, -0.15) is 4.98 Å². The van der Waals surface area contributed by atoms with E-state index in [0.717, 1.165) is 45.4 Å². The van der Waals surface area contributed by atoms with Gasteiger partial charge in [-0.15, -0.1) is 0 Å². The second-order valence-electron chi connectivity index (χ2n) is 8.28. The van der Waals surface area contributed by atoms with Crippen molar-refractivity contribution in [3.63, 3.8) is 0 Å². The van der Waals surface area contributed by atoms with Gasteiger partial charge in [-0.25, -0.2) is 9.37 Å². The maximum atomic E-state index is 14.7. The Hall–Kier alpha value is -2.49. The number of halogens is 2. The lowest BCUT2D eigenvalue weighted by atomic mass is 10.0. The van der Waals surface area contributed by atoms with E-state index in [1.165, 1.54) is 18.3 Å². The third kappa shape index (κ3) is 5.85. The quantitative estimate of drug-likeness (QED) is 0.580. The van der Waals surface area contributed by atoms with Crippen LogP contribution in [-0.4, -0.2) is 66.2 Å². The highest BCUT2D eigenvalue weighted by molar-refractivity contribution is 6.32. The molecule has 3 heterocycles. The smallest absolute Gasteiger partial charge is 0.254 e. The second-order valence-corrected chi connectivity index (χ2v) is 8.68. The summed E-state index contributed by atoms with van der Waals surface area (Å²) in [5.41, 5.74) is 0.455. The summed E-state index contributed by atoms with van der Waals surface area (Å²) >= 11 is 6.19. The largest absolute Gasteiger partial charge is 0.376 e. The molecule has 2 fully saturated rings. The average molecular weight is 463 g/mol. The number of benzene rings is 1. The number of amides is 1. The van der Waals surface area contributed by atoms with Crippen LogP contribution in [0.5, 0.6) is 0 Å². The van der Waals surface area contributed by atoms with E-state index in [4.69, 9.17) is 16.3 Å². The van der Waals surface area contributed by atoms with Gasteiger partial charge in [0.15, 0.2) is 5.82 Å². The number of ether oxygens (including phenoxy) is 1. The Morgan fingerprint density at radius 2 is 2.12 bits per heavy atom. The van der Waals surface area contributed by atoms with E-state index in [1.54, 1.807) is 6.07 Å². The lowest BCUT2D eigenvalue weighted by molar-refractivity contribution is 0.0913. The molecule has 0 bridgehead atoms. The average Bonchev–Trinajstić information content (AvgIpc) is 3.29. The van der Waals surface area contributed by atoms with E-state index >= 15 is 0 Å². The summed E-state index contributed by atoms with van der Waals surface area (Å²) in [7, 11) is 2.05. The standard InChI is InChI=1S/C22H28ClFN6O2/c1-30-8-6-14(7-9-30)27-21(31)17-5-4-15(11-19(17)24)28-22-26-13-18(23)20(29-22)25-12-16-3-2-10-32-16/h4-5,11,13-14,16H,2-3,6-10,12H2,1H3,(H,27,31)(H2,25,26,28,29). The van der Waals surface area contributed by atoms with Gasteiger partial charge in [0, 0.05) is 24.9 Å². The van der Waals surface area contributed by atoms with Crippen LogP contribution in [0, 0.1) is 5.82 Å². The van der Waals surface area contributed by atoms with Crippen LogP contribution in [0.3, 0.4) is 0 Å². The molecule has 3 N–H and O–H groups in total. The molecule has 0 saturated carbocycles. The molecule has 2 aliphatic heterocycles. The minimum Gasteiger partial charge on any atom is -0.376 e. The normalized spacial score (nSPS) is 19.7. The molecular weight excluding hydrogens is 435 g/mol. The first-order valence-electron chi connectivity index (χ1n) is 10.9. The molecule has 172 valence electrons. The SMILES string of the molecule is CN1CCC(NC(=O)c2ccc(Nc3ncc(Cl)c(NCC4CCCO4)n3)cc2F)CC1. The van der Waals surface area contributed by atoms with Crippen LogP contribution >= 0.6 is 11.6 Å². The van der Waals surface area contributed by atoms with Crippen LogP contribution in [0.25, 0.3) is 0 Å². The zero-order valence-electron chi connectivity index (χ0n) is 18.0. The first kappa shape index (κ1) is 22.7. The lowest BCUT2D eigenvalue weighted by Gasteiger charge is -2.29. The summed E-state index contributed by atoms with van der Waals surface area (Å²) in [5, 5.41) is 9.47. The third-order valence-electron chi connectivity index (χ3n) is 5.79. The summed E-state index contributed by atoms with van der Waals surface area (Å²) in [6.07, 6.45) is 5.39. The molecule has 0 radical (unpaired) electrons. The van der Waals surface area contributed by atoms with Gasteiger partial charge in [-0.3, -0.25) is 4.79 Å². The number of rotatable bonds is 7. The van der Waals surface area contributed by atoms with Crippen molar-refractivity contribution in [1.82, 2.24) is 20.2 Å². The van der Waals surface area contributed by atoms with Crippen LogP contribution in [0.4, 0.5) is 21.8 Å². The molecule has 0 aliphatic carbocycles. The number of nitrogens with one attached hydrogen (secondary N) is 3. The van der Waals surface area contributed by atoms with Gasteiger partial charge in [0.25, 0.3) is 5.91 Å². The maximum Gasteiger partial charge on any atom is 0.254 e. The van der Waals surface area contributed by atoms with Crippen LogP contribution in [-0.2, 0) is 4.74 Å². The monoisotopic (exact) mass is 462 g/mol. The van der Waals surface area contributed by atoms with Gasteiger partial charge in [0.05, 0.1) is 17.9 Å². The Morgan fingerprint density at radius 1 is 1.31 bits per heavy atom. The topological polar surface area (TPSA) is 91.4 Å². The number of aromatic nitrogens is 2. The van der Waals surface area contributed by atoms with Crippen LogP contribution in [0.1, 0.15) is 36.0 Å². The van der Waals surface area contributed by atoms with Gasteiger partial charge in [0.1, 0.15) is 10.8 Å². The summed E-state index contributed by atoms with van der Waals surface area (Å²) in [4.78, 5) is 23.2. The van der Waals surface area contributed by atoms with E-state index in [1.807, 2.05) is 0 Å². The Kier molecular flexibility index (Phi) is 7.39. The molecule has 1 aromatic carbocycles. The molecule has 2 aliphatic rings. The summed E-state index contributed by atoms with van der Waals surface area (Å²) in [6, 6.07) is 4.43. The number of likely N-dealkylation sites (tertiary alicyclic amines) is 1. The van der Waals surface area contributed by atoms with E-state index in [-0.39, 0.29) is 23.7 Å². The third-order valence-corrected chi connectivity index (χ3v) is 6.07. The van der Waals surface area contributed by atoms with E-state index in [0.29, 0.717) is 23.1 Å². The van der Waals surface area contributed by atoms with Crippen molar-refractivity contribution in [1.29, 1.82) is 0 Å². The fourth-order valence-corrected chi connectivity index (χ4v) is 4.05. The highest BCUT2D eigenvalue weighted by Gasteiger charge is 2.21. The zero-order valence-corrected chi connectivity index (χ0v) is 18.8. The number of nitrogens with zero attached hydrogens (tertiary/aromatic N) is 3. The summed E-state index contributed by atoms with van der Waals surface area (Å²) in [5.74, 6) is -0.250. The lowest BCUT2D eigenvalue weighted by Crippen LogP contribution is -2.43.